The zero-order chi connectivity index (χ0) is 10.9. The molecule has 3 nitrogen and oxygen atoms in total. The van der Waals surface area contributed by atoms with E-state index in [9.17, 15) is 0 Å². The van der Waals surface area contributed by atoms with Gasteiger partial charge in [-0.1, -0.05) is 6.58 Å². The van der Waals surface area contributed by atoms with Gasteiger partial charge in [-0.15, -0.1) is 5.10 Å². The van der Waals surface area contributed by atoms with Crippen LogP contribution in [0.3, 0.4) is 0 Å². The number of hydrazone groups is 1. The number of hydrogen-bond acceptors (Lipinski definition) is 4. The third kappa shape index (κ3) is 2.23. The molecule has 1 aliphatic rings. The molecule has 0 aromatic rings. The fourth-order valence-corrected chi connectivity index (χ4v) is 2.59. The second-order valence-electron chi connectivity index (χ2n) is 4.00. The van der Waals surface area contributed by atoms with Crippen LogP contribution in [-0.2, 0) is 0 Å². The van der Waals surface area contributed by atoms with Crippen molar-refractivity contribution in [2.24, 2.45) is 5.10 Å². The van der Waals surface area contributed by atoms with Crippen LogP contribution in [0.5, 0.6) is 0 Å². The van der Waals surface area contributed by atoms with Gasteiger partial charge in [0.2, 0.25) is 0 Å². The summed E-state index contributed by atoms with van der Waals surface area (Å²) in [7, 11) is 1.93. The zero-order valence-electron chi connectivity index (χ0n) is 9.61. The Morgan fingerprint density at radius 3 is 2.07 bits per heavy atom. The Balaban J connectivity index is 2.81. The van der Waals surface area contributed by atoms with E-state index in [1.807, 2.05) is 12.1 Å². The first kappa shape index (κ1) is 11.4. The SMILES string of the molecule is C=C1SC(N(C(C)C)C(C)C)=NN1C. The van der Waals surface area contributed by atoms with Crippen molar-refractivity contribution in [1.82, 2.24) is 9.91 Å². The summed E-state index contributed by atoms with van der Waals surface area (Å²) in [6, 6.07) is 0.945. The van der Waals surface area contributed by atoms with E-state index in [4.69, 9.17) is 0 Å². The van der Waals surface area contributed by atoms with E-state index in [2.05, 4.69) is 44.3 Å². The van der Waals surface area contributed by atoms with Gasteiger partial charge >= 0.3 is 0 Å². The van der Waals surface area contributed by atoms with Gasteiger partial charge in [0, 0.05) is 19.1 Å². The highest BCUT2D eigenvalue weighted by Gasteiger charge is 2.25. The maximum Gasteiger partial charge on any atom is 0.190 e. The van der Waals surface area contributed by atoms with Crippen molar-refractivity contribution >= 4 is 16.9 Å². The van der Waals surface area contributed by atoms with E-state index in [0.717, 1.165) is 10.2 Å². The van der Waals surface area contributed by atoms with Crippen molar-refractivity contribution in [2.75, 3.05) is 7.05 Å². The zero-order valence-corrected chi connectivity index (χ0v) is 10.4. The molecule has 0 unspecified atom stereocenters. The van der Waals surface area contributed by atoms with Crippen LogP contribution >= 0.6 is 11.8 Å². The summed E-state index contributed by atoms with van der Waals surface area (Å²) in [6.45, 7) is 12.7. The van der Waals surface area contributed by atoms with Crippen molar-refractivity contribution in [3.8, 4) is 0 Å². The molecular formula is C10H19N3S. The van der Waals surface area contributed by atoms with Crippen LogP contribution < -0.4 is 0 Å². The molecule has 1 rings (SSSR count). The number of amidine groups is 1. The summed E-state index contributed by atoms with van der Waals surface area (Å²) in [5.74, 6) is 0. The molecule has 0 amide bonds. The van der Waals surface area contributed by atoms with Gasteiger partial charge in [-0.05, 0) is 39.5 Å². The highest BCUT2D eigenvalue weighted by Crippen LogP contribution is 2.30. The molecule has 0 aromatic carbocycles. The van der Waals surface area contributed by atoms with Gasteiger partial charge in [0.15, 0.2) is 5.17 Å². The average Bonchev–Trinajstić information content (AvgIpc) is 2.29. The molecule has 14 heavy (non-hydrogen) atoms. The van der Waals surface area contributed by atoms with E-state index >= 15 is 0 Å². The smallest absolute Gasteiger partial charge is 0.190 e. The summed E-state index contributed by atoms with van der Waals surface area (Å²) in [6.07, 6.45) is 0. The van der Waals surface area contributed by atoms with Gasteiger partial charge < -0.3 is 4.90 Å². The number of nitrogens with zero attached hydrogens (tertiary/aromatic N) is 3. The summed E-state index contributed by atoms with van der Waals surface area (Å²) < 4.78 is 0. The summed E-state index contributed by atoms with van der Waals surface area (Å²) >= 11 is 1.65. The Kier molecular flexibility index (Phi) is 3.48. The molecule has 0 aromatic heterocycles. The third-order valence-electron chi connectivity index (χ3n) is 2.14. The van der Waals surface area contributed by atoms with Gasteiger partial charge in [-0.2, -0.15) is 0 Å². The molecule has 0 N–H and O–H groups in total. The maximum atomic E-state index is 4.45. The van der Waals surface area contributed by atoms with Crippen LogP contribution in [0.2, 0.25) is 0 Å². The molecule has 80 valence electrons. The lowest BCUT2D eigenvalue weighted by Crippen LogP contribution is -2.40. The Bertz CT molecular complexity index is 250. The molecule has 0 atom stereocenters. The molecule has 0 radical (unpaired) electrons. The molecule has 0 fully saturated rings. The highest BCUT2D eigenvalue weighted by atomic mass is 32.2. The normalized spacial score (nSPS) is 16.9. The van der Waals surface area contributed by atoms with E-state index in [1.165, 1.54) is 0 Å². The van der Waals surface area contributed by atoms with Crippen LogP contribution in [0.15, 0.2) is 16.7 Å². The van der Waals surface area contributed by atoms with Crippen molar-refractivity contribution in [3.63, 3.8) is 0 Å². The van der Waals surface area contributed by atoms with Crippen LogP contribution in [0.25, 0.3) is 0 Å². The number of rotatable bonds is 2. The van der Waals surface area contributed by atoms with Crippen molar-refractivity contribution in [3.05, 3.63) is 11.6 Å². The standard InChI is InChI=1S/C10H19N3S/c1-7(2)13(8(3)4)10-11-12(6)9(5)14-10/h7-8H,5H2,1-4,6H3. The largest absolute Gasteiger partial charge is 0.345 e. The highest BCUT2D eigenvalue weighted by molar-refractivity contribution is 8.17. The summed E-state index contributed by atoms with van der Waals surface area (Å²) in [5.41, 5.74) is 0. The lowest BCUT2D eigenvalue weighted by atomic mass is 10.2. The molecule has 0 saturated carbocycles. The van der Waals surface area contributed by atoms with Gasteiger partial charge in [0.1, 0.15) is 0 Å². The Hall–Kier alpha value is -0.640. The maximum absolute atomic E-state index is 4.45. The monoisotopic (exact) mass is 213 g/mol. The number of hydrogen-bond donors (Lipinski definition) is 0. The minimum absolute atomic E-state index is 0.473. The van der Waals surface area contributed by atoms with Crippen molar-refractivity contribution in [2.45, 2.75) is 39.8 Å². The first-order valence-electron chi connectivity index (χ1n) is 4.91. The Labute approximate surface area is 90.8 Å². The first-order chi connectivity index (χ1) is 6.43. The van der Waals surface area contributed by atoms with Gasteiger partial charge in [-0.3, -0.25) is 5.01 Å². The van der Waals surface area contributed by atoms with Crippen LogP contribution in [0, 0.1) is 0 Å². The third-order valence-corrected chi connectivity index (χ3v) is 3.11. The molecule has 4 heteroatoms. The van der Waals surface area contributed by atoms with Gasteiger partial charge in [-0.25, -0.2) is 0 Å². The predicted molar refractivity (Wildman–Crippen MR) is 64.0 cm³/mol. The fraction of sp³-hybridized carbons (Fsp3) is 0.700. The van der Waals surface area contributed by atoms with E-state index in [1.54, 1.807) is 11.8 Å². The average molecular weight is 213 g/mol. The quantitative estimate of drug-likeness (QED) is 0.702. The van der Waals surface area contributed by atoms with E-state index < -0.39 is 0 Å². The summed E-state index contributed by atoms with van der Waals surface area (Å²) in [4.78, 5) is 2.30. The minimum atomic E-state index is 0.473. The van der Waals surface area contributed by atoms with Crippen LogP contribution in [0.4, 0.5) is 0 Å². The number of thioether (sulfide) groups is 1. The fourth-order valence-electron chi connectivity index (χ4n) is 1.52. The second kappa shape index (κ2) is 4.26. The molecule has 0 bridgehead atoms. The van der Waals surface area contributed by atoms with E-state index in [0.29, 0.717) is 12.1 Å². The minimum Gasteiger partial charge on any atom is -0.345 e. The molecule has 0 aliphatic carbocycles. The lowest BCUT2D eigenvalue weighted by molar-refractivity contribution is 0.293. The molecule has 0 spiro atoms. The topological polar surface area (TPSA) is 18.8 Å². The van der Waals surface area contributed by atoms with Crippen LogP contribution in [-0.4, -0.2) is 34.2 Å². The van der Waals surface area contributed by atoms with Crippen molar-refractivity contribution in [1.29, 1.82) is 0 Å². The first-order valence-corrected chi connectivity index (χ1v) is 5.72. The summed E-state index contributed by atoms with van der Waals surface area (Å²) in [5, 5.41) is 8.33. The molecule has 1 aliphatic heterocycles. The lowest BCUT2D eigenvalue weighted by Gasteiger charge is -2.31. The molecule has 1 heterocycles. The Morgan fingerprint density at radius 2 is 1.79 bits per heavy atom. The van der Waals surface area contributed by atoms with E-state index in [-0.39, 0.29) is 0 Å². The Morgan fingerprint density at radius 1 is 1.29 bits per heavy atom. The second-order valence-corrected chi connectivity index (χ2v) is 5.04. The van der Waals surface area contributed by atoms with Crippen LogP contribution in [0.1, 0.15) is 27.7 Å². The molecule has 0 saturated heterocycles. The van der Waals surface area contributed by atoms with Gasteiger partial charge in [0.05, 0.1) is 5.03 Å². The predicted octanol–water partition coefficient (Wildman–Crippen LogP) is 2.53. The van der Waals surface area contributed by atoms with Crippen molar-refractivity contribution < 1.29 is 0 Å². The van der Waals surface area contributed by atoms with Gasteiger partial charge in [0.25, 0.3) is 0 Å². The molecular weight excluding hydrogens is 194 g/mol.